The highest BCUT2D eigenvalue weighted by molar-refractivity contribution is 7.15. The van der Waals surface area contributed by atoms with Crippen LogP contribution in [0.2, 0.25) is 0 Å². The van der Waals surface area contributed by atoms with Crippen molar-refractivity contribution in [2.75, 3.05) is 17.3 Å². The predicted octanol–water partition coefficient (Wildman–Crippen LogP) is 2.04. The zero-order valence-corrected chi connectivity index (χ0v) is 9.44. The molecule has 1 aromatic heterocycles. The van der Waals surface area contributed by atoms with E-state index in [2.05, 4.69) is 4.98 Å². The average Bonchev–Trinajstić information content (AvgIpc) is 2.71. The Morgan fingerprint density at radius 1 is 1.79 bits per heavy atom. The van der Waals surface area contributed by atoms with Crippen molar-refractivity contribution in [3.63, 3.8) is 0 Å². The predicted molar refractivity (Wildman–Crippen MR) is 58.0 cm³/mol. The van der Waals surface area contributed by atoms with E-state index in [1.807, 2.05) is 6.92 Å². The summed E-state index contributed by atoms with van der Waals surface area (Å²) in [6.07, 6.45) is 2.35. The van der Waals surface area contributed by atoms with Gasteiger partial charge in [0.1, 0.15) is 0 Å². The van der Waals surface area contributed by atoms with Gasteiger partial charge in [0, 0.05) is 29.9 Å². The molecule has 0 aromatic carbocycles. The highest BCUT2D eigenvalue weighted by Gasteiger charge is 2.31. The fraction of sp³-hybridized carbons (Fsp3) is 0.556. The molecule has 2 rings (SSSR count). The Bertz CT molecular complexity index is 352. The topological polar surface area (TPSA) is 33.2 Å². The molecular formula is C9H11ClN2OS. The normalized spacial score (nSPS) is 22.0. The number of amides is 1. The van der Waals surface area contributed by atoms with Gasteiger partial charge in [-0.1, -0.05) is 0 Å². The highest BCUT2D eigenvalue weighted by Crippen LogP contribution is 2.28. The summed E-state index contributed by atoms with van der Waals surface area (Å²) in [7, 11) is 0. The number of nitrogens with zero attached hydrogens (tertiary/aromatic N) is 2. The van der Waals surface area contributed by atoms with Gasteiger partial charge in [-0.3, -0.25) is 9.69 Å². The summed E-state index contributed by atoms with van der Waals surface area (Å²) in [6, 6.07) is 0. The van der Waals surface area contributed by atoms with Crippen LogP contribution < -0.4 is 4.90 Å². The first-order valence-electron chi connectivity index (χ1n) is 4.49. The summed E-state index contributed by atoms with van der Waals surface area (Å²) in [5.74, 6) is 0.977. The highest BCUT2D eigenvalue weighted by atomic mass is 35.5. The number of carbonyl (C=O) groups excluding carboxylic acids is 1. The van der Waals surface area contributed by atoms with E-state index in [1.165, 1.54) is 0 Å². The molecule has 76 valence electrons. The molecule has 14 heavy (non-hydrogen) atoms. The summed E-state index contributed by atoms with van der Waals surface area (Å²) in [5.41, 5.74) is 0. The van der Waals surface area contributed by atoms with E-state index in [0.717, 1.165) is 16.6 Å². The van der Waals surface area contributed by atoms with Gasteiger partial charge in [0.25, 0.3) is 0 Å². The summed E-state index contributed by atoms with van der Waals surface area (Å²) in [4.78, 5) is 18.7. The lowest BCUT2D eigenvalue weighted by molar-refractivity contribution is -0.117. The lowest BCUT2D eigenvalue weighted by Gasteiger charge is -2.11. The van der Waals surface area contributed by atoms with E-state index >= 15 is 0 Å². The lowest BCUT2D eigenvalue weighted by atomic mass is 10.2. The molecule has 1 amide bonds. The van der Waals surface area contributed by atoms with Crippen LogP contribution in [0.5, 0.6) is 0 Å². The molecule has 1 aromatic rings. The number of alkyl halides is 1. The van der Waals surface area contributed by atoms with Crippen molar-refractivity contribution in [2.24, 2.45) is 5.92 Å². The van der Waals surface area contributed by atoms with E-state index in [1.54, 1.807) is 22.4 Å². The summed E-state index contributed by atoms with van der Waals surface area (Å²) >= 11 is 7.29. The van der Waals surface area contributed by atoms with Crippen LogP contribution in [0.4, 0.5) is 5.13 Å². The molecule has 1 atom stereocenters. The number of thiazole rings is 1. The average molecular weight is 231 g/mol. The van der Waals surface area contributed by atoms with Crippen LogP contribution in [0.3, 0.4) is 0 Å². The second kappa shape index (κ2) is 3.87. The fourth-order valence-electron chi connectivity index (χ4n) is 1.54. The van der Waals surface area contributed by atoms with E-state index in [9.17, 15) is 4.79 Å². The van der Waals surface area contributed by atoms with E-state index in [0.29, 0.717) is 12.3 Å². The van der Waals surface area contributed by atoms with Crippen molar-refractivity contribution in [2.45, 2.75) is 13.3 Å². The number of halogens is 1. The number of carbonyl (C=O) groups is 1. The largest absolute Gasteiger partial charge is 0.288 e. The maximum Gasteiger partial charge on any atom is 0.229 e. The Hall–Kier alpha value is -0.610. The second-order valence-corrected chi connectivity index (χ2v) is 5.00. The molecule has 2 heterocycles. The molecular weight excluding hydrogens is 220 g/mol. The smallest absolute Gasteiger partial charge is 0.229 e. The van der Waals surface area contributed by atoms with Crippen molar-refractivity contribution in [3.8, 4) is 0 Å². The van der Waals surface area contributed by atoms with Crippen LogP contribution >= 0.6 is 22.9 Å². The van der Waals surface area contributed by atoms with Crippen LogP contribution in [-0.2, 0) is 4.79 Å². The van der Waals surface area contributed by atoms with Gasteiger partial charge >= 0.3 is 0 Å². The van der Waals surface area contributed by atoms with Crippen molar-refractivity contribution in [1.82, 2.24) is 4.98 Å². The third kappa shape index (κ3) is 1.77. The van der Waals surface area contributed by atoms with Crippen LogP contribution in [0, 0.1) is 12.8 Å². The van der Waals surface area contributed by atoms with Gasteiger partial charge in [0.15, 0.2) is 5.13 Å². The van der Waals surface area contributed by atoms with Crippen LogP contribution in [0.15, 0.2) is 6.20 Å². The molecule has 0 saturated carbocycles. The van der Waals surface area contributed by atoms with Gasteiger partial charge in [-0.2, -0.15) is 0 Å². The first kappa shape index (κ1) is 9.93. The van der Waals surface area contributed by atoms with E-state index in [4.69, 9.17) is 11.6 Å². The van der Waals surface area contributed by atoms with E-state index in [-0.39, 0.29) is 11.8 Å². The van der Waals surface area contributed by atoms with Crippen molar-refractivity contribution >= 4 is 34.0 Å². The third-order valence-electron chi connectivity index (χ3n) is 2.26. The SMILES string of the molecule is Cc1cnc(N2CC(CCl)CC2=O)s1. The number of hydrogen-bond donors (Lipinski definition) is 0. The summed E-state index contributed by atoms with van der Waals surface area (Å²) < 4.78 is 0. The quantitative estimate of drug-likeness (QED) is 0.729. The number of hydrogen-bond acceptors (Lipinski definition) is 3. The minimum atomic E-state index is 0.144. The number of rotatable bonds is 2. The van der Waals surface area contributed by atoms with Crippen molar-refractivity contribution < 1.29 is 4.79 Å². The van der Waals surface area contributed by atoms with Crippen LogP contribution in [0.1, 0.15) is 11.3 Å². The third-order valence-corrected chi connectivity index (χ3v) is 3.64. The maximum atomic E-state index is 11.6. The van der Waals surface area contributed by atoms with Crippen molar-refractivity contribution in [1.29, 1.82) is 0 Å². The zero-order valence-electron chi connectivity index (χ0n) is 7.86. The van der Waals surface area contributed by atoms with Gasteiger partial charge < -0.3 is 0 Å². The molecule has 0 bridgehead atoms. The molecule has 5 heteroatoms. The molecule has 3 nitrogen and oxygen atoms in total. The van der Waals surface area contributed by atoms with Gasteiger partial charge in [-0.15, -0.1) is 22.9 Å². The number of anilines is 1. The molecule has 1 saturated heterocycles. The maximum absolute atomic E-state index is 11.6. The van der Waals surface area contributed by atoms with Crippen LogP contribution in [-0.4, -0.2) is 23.3 Å². The Kier molecular flexibility index (Phi) is 2.74. The molecule has 0 radical (unpaired) electrons. The molecule has 1 unspecified atom stereocenters. The van der Waals surface area contributed by atoms with Gasteiger partial charge in [-0.05, 0) is 12.8 Å². The first-order valence-corrected chi connectivity index (χ1v) is 5.84. The Morgan fingerprint density at radius 3 is 3.07 bits per heavy atom. The zero-order chi connectivity index (χ0) is 10.1. The Labute approximate surface area is 91.7 Å². The second-order valence-electron chi connectivity index (χ2n) is 3.48. The Morgan fingerprint density at radius 2 is 2.57 bits per heavy atom. The van der Waals surface area contributed by atoms with Gasteiger partial charge in [0.2, 0.25) is 5.91 Å². The van der Waals surface area contributed by atoms with Crippen molar-refractivity contribution in [3.05, 3.63) is 11.1 Å². The molecule has 1 aliphatic heterocycles. The molecule has 0 N–H and O–H groups in total. The lowest BCUT2D eigenvalue weighted by Crippen LogP contribution is -2.24. The summed E-state index contributed by atoms with van der Waals surface area (Å²) in [6.45, 7) is 2.70. The monoisotopic (exact) mass is 230 g/mol. The molecule has 0 spiro atoms. The van der Waals surface area contributed by atoms with Gasteiger partial charge in [-0.25, -0.2) is 4.98 Å². The standard InChI is InChI=1S/C9H11ClN2OS/c1-6-4-11-9(14-6)12-5-7(3-10)2-8(12)13/h4,7H,2-3,5H2,1H3. The number of aryl methyl sites for hydroxylation is 1. The minimum Gasteiger partial charge on any atom is -0.288 e. The first-order chi connectivity index (χ1) is 6.70. The Balaban J connectivity index is 2.16. The molecule has 0 aliphatic carbocycles. The molecule has 1 aliphatic rings. The number of aromatic nitrogens is 1. The van der Waals surface area contributed by atoms with Crippen LogP contribution in [0.25, 0.3) is 0 Å². The molecule has 1 fully saturated rings. The minimum absolute atomic E-state index is 0.144. The van der Waals surface area contributed by atoms with E-state index < -0.39 is 0 Å². The van der Waals surface area contributed by atoms with Gasteiger partial charge in [0.05, 0.1) is 0 Å². The summed E-state index contributed by atoms with van der Waals surface area (Å²) in [5, 5.41) is 0.806. The fourth-order valence-corrected chi connectivity index (χ4v) is 2.53.